The highest BCUT2D eigenvalue weighted by Gasteiger charge is 2.08. The number of hydroxylamine groups is 1. The maximum atomic E-state index is 11.0. The van der Waals surface area contributed by atoms with Crippen LogP contribution in [0.5, 0.6) is 0 Å². The van der Waals surface area contributed by atoms with Crippen LogP contribution in [0.3, 0.4) is 0 Å². The third-order valence-corrected chi connectivity index (χ3v) is 1.63. The van der Waals surface area contributed by atoms with Crippen molar-refractivity contribution in [2.45, 2.75) is 6.92 Å². The Morgan fingerprint density at radius 3 is 2.85 bits per heavy atom. The van der Waals surface area contributed by atoms with Gasteiger partial charge in [0.25, 0.3) is 5.91 Å². The van der Waals surface area contributed by atoms with Crippen LogP contribution in [0.15, 0.2) is 36.9 Å². The molecule has 0 fully saturated rings. The summed E-state index contributed by atoms with van der Waals surface area (Å²) in [5, 5.41) is 9.90. The number of nitrogens with zero attached hydrogens (tertiary/aromatic N) is 1. The fourth-order valence-corrected chi connectivity index (χ4v) is 0.973. The summed E-state index contributed by atoms with van der Waals surface area (Å²) in [6.07, 6.45) is 1.06. The van der Waals surface area contributed by atoms with E-state index in [1.165, 1.54) is 0 Å². The van der Waals surface area contributed by atoms with Crippen molar-refractivity contribution >= 4 is 11.6 Å². The highest BCUT2D eigenvalue weighted by Crippen LogP contribution is 2.13. The molecule has 0 heterocycles. The molecule has 0 aromatic heterocycles. The molecule has 1 rings (SSSR count). The Hall–Kier alpha value is -1.61. The normalized spacial score (nSPS) is 9.38. The summed E-state index contributed by atoms with van der Waals surface area (Å²) in [6, 6.07) is 7.01. The van der Waals surface area contributed by atoms with Crippen molar-refractivity contribution in [3.05, 3.63) is 42.5 Å². The standard InChI is InChI=1S/C10H11NO2/c1-3-10(12)11(13)9-6-4-5-8(2)7-9/h3-7,13H,1H2,2H3. The van der Waals surface area contributed by atoms with Crippen molar-refractivity contribution in [2.75, 3.05) is 5.06 Å². The Balaban J connectivity index is 2.94. The minimum Gasteiger partial charge on any atom is -0.281 e. The van der Waals surface area contributed by atoms with Crippen molar-refractivity contribution in [3.63, 3.8) is 0 Å². The summed E-state index contributed by atoms with van der Waals surface area (Å²) in [5.74, 6) is -0.536. The molecule has 0 unspecified atom stereocenters. The van der Waals surface area contributed by atoms with Crippen molar-refractivity contribution in [3.8, 4) is 0 Å². The Morgan fingerprint density at radius 2 is 2.31 bits per heavy atom. The van der Waals surface area contributed by atoms with Crippen LogP contribution in [0, 0.1) is 6.92 Å². The molecule has 1 aromatic rings. The van der Waals surface area contributed by atoms with E-state index in [-0.39, 0.29) is 0 Å². The summed E-state index contributed by atoms with van der Waals surface area (Å²) in [4.78, 5) is 11.0. The minimum absolute atomic E-state index is 0.449. The second-order valence-electron chi connectivity index (χ2n) is 2.69. The van der Waals surface area contributed by atoms with E-state index < -0.39 is 5.91 Å². The number of carbonyl (C=O) groups is 1. The first-order valence-corrected chi connectivity index (χ1v) is 3.87. The van der Waals surface area contributed by atoms with E-state index in [0.29, 0.717) is 10.8 Å². The van der Waals surface area contributed by atoms with Crippen molar-refractivity contribution in [2.24, 2.45) is 0 Å². The molecule has 0 aliphatic heterocycles. The first kappa shape index (κ1) is 9.48. The molecule has 0 saturated carbocycles. The molecule has 1 amide bonds. The number of rotatable bonds is 2. The van der Waals surface area contributed by atoms with E-state index in [9.17, 15) is 10.0 Å². The van der Waals surface area contributed by atoms with Gasteiger partial charge in [0.1, 0.15) is 0 Å². The number of aryl methyl sites for hydroxylation is 1. The maximum Gasteiger partial charge on any atom is 0.274 e. The number of amides is 1. The number of hydrogen-bond donors (Lipinski definition) is 1. The Bertz CT molecular complexity index is 333. The molecule has 13 heavy (non-hydrogen) atoms. The van der Waals surface area contributed by atoms with Crippen molar-refractivity contribution in [1.29, 1.82) is 0 Å². The number of anilines is 1. The molecule has 0 radical (unpaired) electrons. The topological polar surface area (TPSA) is 40.5 Å². The van der Waals surface area contributed by atoms with Gasteiger partial charge < -0.3 is 0 Å². The highest BCUT2D eigenvalue weighted by atomic mass is 16.5. The van der Waals surface area contributed by atoms with Crippen LogP contribution < -0.4 is 5.06 Å². The average molecular weight is 177 g/mol. The van der Waals surface area contributed by atoms with Gasteiger partial charge in [-0.25, -0.2) is 0 Å². The molecule has 0 spiro atoms. The average Bonchev–Trinajstić information content (AvgIpc) is 2.15. The van der Waals surface area contributed by atoms with Crippen LogP contribution in [0.2, 0.25) is 0 Å². The lowest BCUT2D eigenvalue weighted by Crippen LogP contribution is -2.24. The molecular formula is C10H11NO2. The van der Waals surface area contributed by atoms with Crippen LogP contribution in [-0.4, -0.2) is 11.1 Å². The SMILES string of the molecule is C=CC(=O)N(O)c1cccc(C)c1. The van der Waals surface area contributed by atoms with Gasteiger partial charge in [0, 0.05) is 0 Å². The summed E-state index contributed by atoms with van der Waals surface area (Å²) >= 11 is 0. The Kier molecular flexibility index (Phi) is 2.82. The van der Waals surface area contributed by atoms with Crippen molar-refractivity contribution < 1.29 is 10.0 Å². The van der Waals surface area contributed by atoms with Gasteiger partial charge in [-0.2, -0.15) is 5.06 Å². The van der Waals surface area contributed by atoms with Gasteiger partial charge in [-0.15, -0.1) is 0 Å². The predicted molar refractivity (Wildman–Crippen MR) is 50.6 cm³/mol. The van der Waals surface area contributed by atoms with Gasteiger partial charge in [0.05, 0.1) is 5.69 Å². The van der Waals surface area contributed by atoms with Crippen molar-refractivity contribution in [1.82, 2.24) is 0 Å². The number of carbonyl (C=O) groups excluding carboxylic acids is 1. The molecule has 0 atom stereocenters. The molecule has 0 bridgehead atoms. The molecule has 0 aliphatic rings. The molecule has 3 nitrogen and oxygen atoms in total. The van der Waals surface area contributed by atoms with E-state index >= 15 is 0 Å². The Morgan fingerprint density at radius 1 is 1.62 bits per heavy atom. The third-order valence-electron chi connectivity index (χ3n) is 1.63. The minimum atomic E-state index is -0.536. The fourth-order valence-electron chi connectivity index (χ4n) is 0.973. The quantitative estimate of drug-likeness (QED) is 0.426. The molecular weight excluding hydrogens is 166 g/mol. The predicted octanol–water partition coefficient (Wildman–Crippen LogP) is 1.90. The lowest BCUT2D eigenvalue weighted by molar-refractivity contribution is -0.118. The molecule has 1 aromatic carbocycles. The van der Waals surface area contributed by atoms with Crippen LogP contribution in [0.25, 0.3) is 0 Å². The van der Waals surface area contributed by atoms with Gasteiger partial charge in [0.2, 0.25) is 0 Å². The van der Waals surface area contributed by atoms with Gasteiger partial charge in [-0.1, -0.05) is 18.7 Å². The van der Waals surface area contributed by atoms with E-state index in [1.54, 1.807) is 18.2 Å². The maximum absolute atomic E-state index is 11.0. The zero-order valence-corrected chi connectivity index (χ0v) is 7.40. The van der Waals surface area contributed by atoms with E-state index in [4.69, 9.17) is 0 Å². The first-order chi connectivity index (χ1) is 6.15. The number of hydrogen-bond acceptors (Lipinski definition) is 2. The largest absolute Gasteiger partial charge is 0.281 e. The van der Waals surface area contributed by atoms with Crippen LogP contribution in [0.1, 0.15) is 5.56 Å². The first-order valence-electron chi connectivity index (χ1n) is 3.87. The number of benzene rings is 1. The lowest BCUT2D eigenvalue weighted by atomic mass is 10.2. The summed E-state index contributed by atoms with van der Waals surface area (Å²) in [6.45, 7) is 5.16. The van der Waals surface area contributed by atoms with Crippen LogP contribution >= 0.6 is 0 Å². The molecule has 68 valence electrons. The van der Waals surface area contributed by atoms with Gasteiger partial charge in [-0.05, 0) is 30.7 Å². The van der Waals surface area contributed by atoms with Gasteiger partial charge in [0.15, 0.2) is 0 Å². The third kappa shape index (κ3) is 2.16. The second kappa shape index (κ2) is 3.87. The summed E-state index contributed by atoms with van der Waals surface area (Å²) in [7, 11) is 0. The zero-order chi connectivity index (χ0) is 9.84. The summed E-state index contributed by atoms with van der Waals surface area (Å²) in [5.41, 5.74) is 1.43. The Labute approximate surface area is 76.9 Å². The highest BCUT2D eigenvalue weighted by molar-refractivity contribution is 5.99. The fraction of sp³-hybridized carbons (Fsp3) is 0.100. The lowest BCUT2D eigenvalue weighted by Gasteiger charge is -2.12. The monoisotopic (exact) mass is 177 g/mol. The van der Waals surface area contributed by atoms with Gasteiger partial charge in [-0.3, -0.25) is 10.0 Å². The molecule has 1 N–H and O–H groups in total. The molecule has 3 heteroatoms. The molecule has 0 aliphatic carbocycles. The second-order valence-corrected chi connectivity index (χ2v) is 2.69. The molecule has 0 saturated heterocycles. The van der Waals surface area contributed by atoms with Gasteiger partial charge >= 0.3 is 0 Å². The van der Waals surface area contributed by atoms with Crippen LogP contribution in [-0.2, 0) is 4.79 Å². The van der Waals surface area contributed by atoms with E-state index in [0.717, 1.165) is 11.6 Å². The van der Waals surface area contributed by atoms with Crippen LogP contribution in [0.4, 0.5) is 5.69 Å². The van der Waals surface area contributed by atoms with E-state index in [1.807, 2.05) is 13.0 Å². The smallest absolute Gasteiger partial charge is 0.274 e. The van der Waals surface area contributed by atoms with E-state index in [2.05, 4.69) is 6.58 Å². The zero-order valence-electron chi connectivity index (χ0n) is 7.40. The summed E-state index contributed by atoms with van der Waals surface area (Å²) < 4.78 is 0.